The van der Waals surface area contributed by atoms with Gasteiger partial charge in [-0.2, -0.15) is 4.98 Å². The van der Waals surface area contributed by atoms with Gasteiger partial charge in [0, 0.05) is 32.6 Å². The summed E-state index contributed by atoms with van der Waals surface area (Å²) in [5.41, 5.74) is 5.60. The van der Waals surface area contributed by atoms with Gasteiger partial charge < -0.3 is 29.4 Å². The van der Waals surface area contributed by atoms with E-state index in [1.54, 1.807) is 0 Å². The number of hydrogen-bond acceptors (Lipinski definition) is 11. The van der Waals surface area contributed by atoms with E-state index in [4.69, 9.17) is 24.1 Å². The van der Waals surface area contributed by atoms with Gasteiger partial charge in [0.05, 0.1) is 31.6 Å². The predicted molar refractivity (Wildman–Crippen MR) is 148 cm³/mol. The van der Waals surface area contributed by atoms with E-state index < -0.39 is 20.1 Å². The number of esters is 1. The van der Waals surface area contributed by atoms with Gasteiger partial charge in [0.15, 0.2) is 11.2 Å². The molecule has 3 saturated heterocycles. The monoisotopic (exact) mass is 579 g/mol. The van der Waals surface area contributed by atoms with Crippen LogP contribution in [0.25, 0.3) is 11.2 Å². The summed E-state index contributed by atoms with van der Waals surface area (Å²) < 4.78 is 25.2. The zero-order valence-corrected chi connectivity index (χ0v) is 24.5. The number of aromatic amines is 1. The van der Waals surface area contributed by atoms with Crippen LogP contribution in [0.5, 0.6) is 0 Å². The molecule has 0 spiro atoms. The van der Waals surface area contributed by atoms with Gasteiger partial charge in [-0.25, -0.2) is 4.98 Å². The molecule has 0 radical (unpaired) electrons. The molecule has 3 aliphatic rings. The van der Waals surface area contributed by atoms with Crippen LogP contribution in [0.15, 0.2) is 11.1 Å². The molecule has 3 atom stereocenters. The van der Waals surface area contributed by atoms with E-state index in [1.807, 2.05) is 0 Å². The predicted octanol–water partition coefficient (Wildman–Crippen LogP) is 0.723. The first-order valence-corrected chi connectivity index (χ1v) is 16.1. The summed E-state index contributed by atoms with van der Waals surface area (Å²) in [5.74, 6) is -0.165. The summed E-state index contributed by atoms with van der Waals surface area (Å²) in [6.07, 6.45) is 2.52. The summed E-state index contributed by atoms with van der Waals surface area (Å²) in [6.45, 7) is 10.2. The number of fused-ring (bicyclic) bond motifs is 7. The highest BCUT2D eigenvalue weighted by atomic mass is 28.4. The lowest BCUT2D eigenvalue weighted by Gasteiger charge is -2.46. The highest BCUT2D eigenvalue weighted by Crippen LogP contribution is 2.33. The van der Waals surface area contributed by atoms with Crippen LogP contribution in [0.1, 0.15) is 40.0 Å². The van der Waals surface area contributed by atoms with Gasteiger partial charge in [-0.3, -0.25) is 28.8 Å². The zero-order chi connectivity index (χ0) is 28.7. The number of rotatable bonds is 12. The lowest BCUT2D eigenvalue weighted by atomic mass is 10.2. The maximum absolute atomic E-state index is 12.3. The minimum absolute atomic E-state index is 0.0160. The standard InChI is InChI=1S/C25H41N7O7Si/c1-17-11-31-12-18(2)38-40(14-17,39-19(3)13-31)10-4-7-27-20(33)5-6-21(34)37-9-8-36-16-32-15-28-22-23(32)29-25(26)30-24(22)35/h15,17-19H,4-14,16H2,1-3H3,(H,27,33)(H3,26,29,30,35). The van der Waals surface area contributed by atoms with E-state index in [0.717, 1.165) is 38.1 Å². The Morgan fingerprint density at radius 3 is 2.67 bits per heavy atom. The molecule has 1 amide bonds. The highest BCUT2D eigenvalue weighted by Gasteiger charge is 2.45. The molecular weight excluding hydrogens is 538 g/mol. The lowest BCUT2D eigenvalue weighted by Crippen LogP contribution is -2.58. The van der Waals surface area contributed by atoms with Crippen LogP contribution >= 0.6 is 0 Å². The fourth-order valence-corrected chi connectivity index (χ4v) is 9.75. The molecular formula is C25H41N7O7Si. The smallest absolute Gasteiger partial charge is 0.339 e. The summed E-state index contributed by atoms with van der Waals surface area (Å²) in [5, 5.41) is 2.91. The molecule has 15 heteroatoms. The van der Waals surface area contributed by atoms with E-state index in [9.17, 15) is 14.4 Å². The molecule has 40 heavy (non-hydrogen) atoms. The number of nitrogens with one attached hydrogen (secondary N) is 2. The number of anilines is 1. The van der Waals surface area contributed by atoms with Crippen molar-refractivity contribution >= 4 is 37.5 Å². The Labute approximate surface area is 234 Å². The van der Waals surface area contributed by atoms with Gasteiger partial charge in [-0.05, 0) is 38.3 Å². The van der Waals surface area contributed by atoms with E-state index in [-0.39, 0.29) is 62.4 Å². The Hall–Kier alpha value is -2.85. The topological polar surface area (TPSA) is 176 Å². The van der Waals surface area contributed by atoms with Crippen molar-refractivity contribution in [3.05, 3.63) is 16.7 Å². The van der Waals surface area contributed by atoms with E-state index >= 15 is 0 Å². The van der Waals surface area contributed by atoms with Crippen molar-refractivity contribution in [2.75, 3.05) is 45.1 Å². The molecule has 5 rings (SSSR count). The van der Waals surface area contributed by atoms with E-state index in [0.29, 0.717) is 18.1 Å². The first-order chi connectivity index (χ1) is 19.1. The average Bonchev–Trinajstić information content (AvgIpc) is 3.26. The first kappa shape index (κ1) is 30.1. The van der Waals surface area contributed by atoms with Crippen molar-refractivity contribution in [3.8, 4) is 0 Å². The molecule has 4 N–H and O–H groups in total. The van der Waals surface area contributed by atoms with Crippen molar-refractivity contribution in [1.82, 2.24) is 29.7 Å². The molecule has 2 bridgehead atoms. The number of H-pyrrole nitrogens is 1. The summed E-state index contributed by atoms with van der Waals surface area (Å²) in [7, 11) is -2.38. The largest absolute Gasteiger partial charge is 0.463 e. The number of aromatic nitrogens is 4. The third-order valence-corrected chi connectivity index (χ3v) is 11.0. The van der Waals surface area contributed by atoms with Gasteiger partial charge in [-0.1, -0.05) is 6.92 Å². The average molecular weight is 580 g/mol. The Kier molecular flexibility index (Phi) is 10.3. The Morgan fingerprint density at radius 1 is 1.18 bits per heavy atom. The van der Waals surface area contributed by atoms with Gasteiger partial charge in [0.25, 0.3) is 5.56 Å². The Balaban J connectivity index is 1.10. The number of nitrogens with two attached hydrogens (primary N) is 1. The lowest BCUT2D eigenvalue weighted by molar-refractivity contribution is -0.146. The normalized spacial score (nSPS) is 26.7. The van der Waals surface area contributed by atoms with Crippen LogP contribution in [0.2, 0.25) is 12.1 Å². The molecule has 222 valence electrons. The van der Waals surface area contributed by atoms with Crippen LogP contribution in [0, 0.1) is 5.92 Å². The third-order valence-electron chi connectivity index (χ3n) is 6.92. The number of amides is 1. The molecule has 3 fully saturated rings. The number of nitrogen functional groups attached to an aromatic ring is 1. The molecule has 5 heterocycles. The second kappa shape index (κ2) is 13.7. The zero-order valence-electron chi connectivity index (χ0n) is 23.5. The molecule has 2 aromatic rings. The fourth-order valence-electron chi connectivity index (χ4n) is 5.54. The van der Waals surface area contributed by atoms with Crippen LogP contribution in [-0.4, -0.2) is 96.5 Å². The second-order valence-corrected chi connectivity index (χ2v) is 14.0. The minimum atomic E-state index is -2.38. The highest BCUT2D eigenvalue weighted by molar-refractivity contribution is 6.67. The molecule has 3 unspecified atom stereocenters. The second-order valence-electron chi connectivity index (χ2n) is 10.8. The van der Waals surface area contributed by atoms with Crippen LogP contribution in [-0.2, 0) is 34.6 Å². The van der Waals surface area contributed by atoms with Crippen molar-refractivity contribution in [2.45, 2.75) is 71.1 Å². The van der Waals surface area contributed by atoms with Crippen LogP contribution in [0.3, 0.4) is 0 Å². The van der Waals surface area contributed by atoms with Gasteiger partial charge in [0.2, 0.25) is 11.9 Å². The number of imidazole rings is 1. The van der Waals surface area contributed by atoms with Crippen LogP contribution < -0.4 is 16.6 Å². The number of ether oxygens (including phenoxy) is 2. The molecule has 14 nitrogen and oxygen atoms in total. The number of carbonyl (C=O) groups excluding carboxylic acids is 2. The van der Waals surface area contributed by atoms with E-state index in [2.05, 4.69) is 45.9 Å². The quantitative estimate of drug-likeness (QED) is 0.183. The minimum Gasteiger partial charge on any atom is -0.463 e. The van der Waals surface area contributed by atoms with Crippen molar-refractivity contribution in [1.29, 1.82) is 0 Å². The Morgan fingerprint density at radius 2 is 1.93 bits per heavy atom. The Bertz CT molecular complexity index is 1190. The number of nitrogens with zero attached hydrogens (tertiary/aromatic N) is 4. The van der Waals surface area contributed by atoms with Gasteiger partial charge >= 0.3 is 14.5 Å². The maximum atomic E-state index is 12.3. The maximum Gasteiger partial charge on any atom is 0.339 e. The molecule has 0 saturated carbocycles. The SMILES string of the molecule is CC1CN2CC(C)O[Si](CCCNC(=O)CCC(=O)OCCOCn3cnc4c(=O)[nH]c(N)nc43)(C1)OC(C)C2. The molecule has 0 aromatic carbocycles. The summed E-state index contributed by atoms with van der Waals surface area (Å²) >= 11 is 0. The van der Waals surface area contributed by atoms with E-state index in [1.165, 1.54) is 10.9 Å². The molecule has 2 aromatic heterocycles. The third kappa shape index (κ3) is 8.33. The van der Waals surface area contributed by atoms with Crippen molar-refractivity contribution < 1.29 is 27.9 Å². The molecule has 3 aliphatic heterocycles. The van der Waals surface area contributed by atoms with Gasteiger partial charge in [-0.15, -0.1) is 0 Å². The number of carbonyl (C=O) groups is 2. The van der Waals surface area contributed by atoms with Crippen molar-refractivity contribution in [2.24, 2.45) is 5.92 Å². The first-order valence-electron chi connectivity index (χ1n) is 13.9. The fraction of sp³-hybridized carbons (Fsp3) is 0.720. The summed E-state index contributed by atoms with van der Waals surface area (Å²) in [6, 6.07) is 1.80. The van der Waals surface area contributed by atoms with Crippen LogP contribution in [0.4, 0.5) is 5.95 Å². The molecule has 0 aliphatic carbocycles. The number of hydrogen-bond donors (Lipinski definition) is 3. The van der Waals surface area contributed by atoms with Crippen molar-refractivity contribution in [3.63, 3.8) is 0 Å². The van der Waals surface area contributed by atoms with Gasteiger partial charge in [0.1, 0.15) is 13.3 Å². The summed E-state index contributed by atoms with van der Waals surface area (Å²) in [4.78, 5) is 49.0.